The zero-order valence-corrected chi connectivity index (χ0v) is 20.1. The molecular weight excluding hydrogens is 500 g/mol. The fourth-order valence-electron chi connectivity index (χ4n) is 3.22. The third-order valence-corrected chi connectivity index (χ3v) is 6.08. The molecule has 0 unspecified atom stereocenters. The van der Waals surface area contributed by atoms with Crippen molar-refractivity contribution < 1.29 is 14.3 Å². The number of carbonyl (C=O) groups excluding carboxylic acids is 1. The molecule has 0 N–H and O–H groups in total. The SMILES string of the molecule is C#CCOc1c(/C=C2\SC(=Nc3ccccc3)N(c3ccccc3)C2=O)cc(Br)cc1OC. The van der Waals surface area contributed by atoms with Gasteiger partial charge in [0, 0.05) is 10.0 Å². The van der Waals surface area contributed by atoms with E-state index in [1.54, 1.807) is 24.2 Å². The van der Waals surface area contributed by atoms with Crippen molar-refractivity contribution in [3.8, 4) is 23.8 Å². The van der Waals surface area contributed by atoms with Gasteiger partial charge >= 0.3 is 0 Å². The average molecular weight is 519 g/mol. The van der Waals surface area contributed by atoms with Crippen molar-refractivity contribution in [2.24, 2.45) is 4.99 Å². The number of amides is 1. The first-order valence-corrected chi connectivity index (χ1v) is 11.6. The van der Waals surface area contributed by atoms with E-state index in [2.05, 4.69) is 21.9 Å². The highest BCUT2D eigenvalue weighted by Crippen LogP contribution is 2.41. The number of hydrogen-bond donors (Lipinski definition) is 0. The van der Waals surface area contributed by atoms with E-state index in [0.717, 1.165) is 15.8 Å². The van der Waals surface area contributed by atoms with Gasteiger partial charge in [-0.25, -0.2) is 4.99 Å². The molecule has 3 aromatic carbocycles. The number of terminal acetylenes is 1. The van der Waals surface area contributed by atoms with Gasteiger partial charge in [-0.1, -0.05) is 58.2 Å². The van der Waals surface area contributed by atoms with Crippen LogP contribution in [0.2, 0.25) is 0 Å². The second-order valence-electron chi connectivity index (χ2n) is 6.84. The third kappa shape index (κ3) is 5.14. The Hall–Kier alpha value is -3.47. The van der Waals surface area contributed by atoms with E-state index in [1.807, 2.05) is 66.7 Å². The molecule has 0 aliphatic carbocycles. The first-order valence-electron chi connectivity index (χ1n) is 9.97. The van der Waals surface area contributed by atoms with Crippen LogP contribution in [0, 0.1) is 12.3 Å². The molecule has 0 aromatic heterocycles. The molecule has 4 rings (SSSR count). The fraction of sp³-hybridized carbons (Fsp3) is 0.0769. The Morgan fingerprint density at radius 3 is 2.48 bits per heavy atom. The summed E-state index contributed by atoms with van der Waals surface area (Å²) in [6.45, 7) is 0.0755. The Bertz CT molecular complexity index is 1270. The molecule has 3 aromatic rings. The van der Waals surface area contributed by atoms with Crippen LogP contribution in [0.1, 0.15) is 5.56 Å². The minimum Gasteiger partial charge on any atom is -0.493 e. The molecule has 5 nitrogen and oxygen atoms in total. The number of benzene rings is 3. The van der Waals surface area contributed by atoms with Crippen LogP contribution in [-0.4, -0.2) is 24.8 Å². The summed E-state index contributed by atoms with van der Waals surface area (Å²) in [7, 11) is 1.55. The van der Waals surface area contributed by atoms with Crippen molar-refractivity contribution in [1.82, 2.24) is 0 Å². The average Bonchev–Trinajstić information content (AvgIpc) is 3.13. The quantitative estimate of drug-likeness (QED) is 0.284. The predicted octanol–water partition coefficient (Wildman–Crippen LogP) is 6.28. The first-order chi connectivity index (χ1) is 16.1. The van der Waals surface area contributed by atoms with E-state index in [1.165, 1.54) is 11.8 Å². The molecule has 0 radical (unpaired) electrons. The lowest BCUT2D eigenvalue weighted by Gasteiger charge is -2.15. The Morgan fingerprint density at radius 2 is 1.82 bits per heavy atom. The van der Waals surface area contributed by atoms with Gasteiger partial charge in [0.15, 0.2) is 16.7 Å². The lowest BCUT2D eigenvalue weighted by Crippen LogP contribution is -2.28. The van der Waals surface area contributed by atoms with Gasteiger partial charge in [0.2, 0.25) is 0 Å². The summed E-state index contributed by atoms with van der Waals surface area (Å²) in [6.07, 6.45) is 7.16. The number of aliphatic imine (C=N–C) groups is 1. The summed E-state index contributed by atoms with van der Waals surface area (Å²) < 4.78 is 12.0. The van der Waals surface area contributed by atoms with Crippen LogP contribution in [-0.2, 0) is 4.79 Å². The van der Waals surface area contributed by atoms with Crippen LogP contribution in [0.4, 0.5) is 11.4 Å². The van der Waals surface area contributed by atoms with Crippen LogP contribution in [0.5, 0.6) is 11.5 Å². The molecule has 7 heteroatoms. The number of thioether (sulfide) groups is 1. The molecule has 0 saturated carbocycles. The molecule has 1 aliphatic rings. The Kier molecular flexibility index (Phi) is 7.18. The Balaban J connectivity index is 1.81. The summed E-state index contributed by atoms with van der Waals surface area (Å²) in [5.41, 5.74) is 2.17. The number of carbonyl (C=O) groups is 1. The molecule has 1 aliphatic heterocycles. The molecule has 1 fully saturated rings. The summed E-state index contributed by atoms with van der Waals surface area (Å²) in [4.78, 5) is 20.4. The third-order valence-electron chi connectivity index (χ3n) is 4.66. The second kappa shape index (κ2) is 10.4. The summed E-state index contributed by atoms with van der Waals surface area (Å²) in [6, 6.07) is 22.6. The largest absolute Gasteiger partial charge is 0.493 e. The number of rotatable bonds is 6. The second-order valence-corrected chi connectivity index (χ2v) is 8.76. The molecule has 1 amide bonds. The predicted molar refractivity (Wildman–Crippen MR) is 138 cm³/mol. The van der Waals surface area contributed by atoms with Crippen LogP contribution >= 0.6 is 27.7 Å². The highest BCUT2D eigenvalue weighted by atomic mass is 79.9. The molecular formula is C26H19BrN2O3S. The molecule has 1 saturated heterocycles. The number of methoxy groups -OCH3 is 1. The van der Waals surface area contributed by atoms with Gasteiger partial charge in [0.25, 0.3) is 5.91 Å². The maximum Gasteiger partial charge on any atom is 0.271 e. The Morgan fingerprint density at radius 1 is 1.12 bits per heavy atom. The van der Waals surface area contributed by atoms with Crippen molar-refractivity contribution in [1.29, 1.82) is 0 Å². The fourth-order valence-corrected chi connectivity index (χ4v) is 4.67. The molecule has 0 bridgehead atoms. The topological polar surface area (TPSA) is 51.1 Å². The Labute approximate surface area is 205 Å². The summed E-state index contributed by atoms with van der Waals surface area (Å²) in [5.74, 6) is 3.27. The van der Waals surface area contributed by atoms with Gasteiger partial charge in [0.05, 0.1) is 23.4 Å². The van der Waals surface area contributed by atoms with Gasteiger partial charge in [0.1, 0.15) is 6.61 Å². The lowest BCUT2D eigenvalue weighted by molar-refractivity contribution is -0.113. The van der Waals surface area contributed by atoms with Gasteiger partial charge in [-0.05, 0) is 54.2 Å². The van der Waals surface area contributed by atoms with E-state index in [4.69, 9.17) is 20.9 Å². The number of hydrogen-bond acceptors (Lipinski definition) is 5. The van der Waals surface area contributed by atoms with Gasteiger partial charge < -0.3 is 9.47 Å². The van der Waals surface area contributed by atoms with E-state index >= 15 is 0 Å². The number of ether oxygens (including phenoxy) is 2. The van der Waals surface area contributed by atoms with Crippen molar-refractivity contribution in [2.45, 2.75) is 0 Å². The minimum absolute atomic E-state index is 0.0755. The number of nitrogens with zero attached hydrogens (tertiary/aromatic N) is 2. The molecule has 0 spiro atoms. The molecule has 1 heterocycles. The maximum absolute atomic E-state index is 13.5. The van der Waals surface area contributed by atoms with E-state index in [9.17, 15) is 4.79 Å². The van der Waals surface area contributed by atoms with Crippen LogP contribution in [0.25, 0.3) is 6.08 Å². The zero-order valence-electron chi connectivity index (χ0n) is 17.7. The minimum atomic E-state index is -0.178. The number of anilines is 1. The molecule has 164 valence electrons. The van der Waals surface area contributed by atoms with Crippen molar-refractivity contribution in [3.63, 3.8) is 0 Å². The first kappa shape index (κ1) is 22.7. The smallest absolute Gasteiger partial charge is 0.271 e. The van der Waals surface area contributed by atoms with Crippen LogP contribution in [0.15, 0.2) is 87.2 Å². The summed E-state index contributed by atoms with van der Waals surface area (Å²) >= 11 is 4.79. The lowest BCUT2D eigenvalue weighted by atomic mass is 10.1. The molecule has 0 atom stereocenters. The number of halogens is 1. The molecule has 33 heavy (non-hydrogen) atoms. The maximum atomic E-state index is 13.5. The normalized spacial score (nSPS) is 15.7. The highest BCUT2D eigenvalue weighted by Gasteiger charge is 2.35. The van der Waals surface area contributed by atoms with Crippen molar-refractivity contribution >= 4 is 56.2 Å². The van der Waals surface area contributed by atoms with E-state index < -0.39 is 0 Å². The zero-order chi connectivity index (χ0) is 23.2. The van der Waals surface area contributed by atoms with E-state index in [0.29, 0.717) is 27.1 Å². The number of amidine groups is 1. The standard InChI is InChI=1S/C26H19BrN2O3S/c1-3-14-32-24-18(15-19(27)17-22(24)31-2)16-23-25(30)29(21-12-8-5-9-13-21)26(33-23)28-20-10-6-4-7-11-20/h1,4-13,15-17H,14H2,2H3/b23-16-,28-26?. The highest BCUT2D eigenvalue weighted by molar-refractivity contribution is 9.10. The van der Waals surface area contributed by atoms with E-state index in [-0.39, 0.29) is 12.5 Å². The summed E-state index contributed by atoms with van der Waals surface area (Å²) in [5, 5.41) is 0.566. The number of para-hydroxylation sites is 2. The van der Waals surface area contributed by atoms with Gasteiger partial charge in [-0.2, -0.15) is 0 Å². The van der Waals surface area contributed by atoms with Gasteiger partial charge in [-0.15, -0.1) is 6.42 Å². The van der Waals surface area contributed by atoms with Gasteiger partial charge in [-0.3, -0.25) is 9.69 Å². The van der Waals surface area contributed by atoms with Crippen LogP contribution in [0.3, 0.4) is 0 Å². The van der Waals surface area contributed by atoms with Crippen molar-refractivity contribution in [3.05, 3.63) is 87.7 Å². The van der Waals surface area contributed by atoms with Crippen molar-refractivity contribution in [2.75, 3.05) is 18.6 Å². The monoisotopic (exact) mass is 518 g/mol. The van der Waals surface area contributed by atoms with Crippen LogP contribution < -0.4 is 14.4 Å².